The zero-order chi connectivity index (χ0) is 22.1. The van der Waals surface area contributed by atoms with Crippen molar-refractivity contribution in [3.8, 4) is 11.5 Å². The largest absolute Gasteiger partial charge is 0.504 e. The number of aromatic nitrogens is 2. The van der Waals surface area contributed by atoms with Gasteiger partial charge in [-0.3, -0.25) is 4.79 Å². The van der Waals surface area contributed by atoms with Crippen LogP contribution in [0.4, 0.5) is 0 Å². The first-order valence-electron chi connectivity index (χ1n) is 9.46. The first-order valence-corrected chi connectivity index (χ1v) is 12.2. The number of amides is 1. The minimum Gasteiger partial charge on any atom is -0.504 e. The van der Waals surface area contributed by atoms with E-state index in [2.05, 4.69) is 51.9 Å². The fraction of sp³-hybridized carbons (Fsp3) is 0.238. The number of phenols is 1. The number of nitrogens with one attached hydrogen (secondary N) is 1. The summed E-state index contributed by atoms with van der Waals surface area (Å²) in [5.74, 6) is 1.22. The topological polar surface area (TPSA) is 96.7 Å². The van der Waals surface area contributed by atoms with Gasteiger partial charge in [0.05, 0.1) is 18.6 Å². The quantitative estimate of drug-likeness (QED) is 0.254. The highest BCUT2D eigenvalue weighted by Crippen LogP contribution is 2.30. The Morgan fingerprint density at radius 3 is 2.68 bits per heavy atom. The van der Waals surface area contributed by atoms with Crippen LogP contribution in [0.1, 0.15) is 23.6 Å². The fourth-order valence-electron chi connectivity index (χ4n) is 2.36. The van der Waals surface area contributed by atoms with E-state index in [-0.39, 0.29) is 17.4 Å². The molecule has 162 valence electrons. The number of nitrogens with zero attached hydrogens (tertiary/aromatic N) is 3. The van der Waals surface area contributed by atoms with Crippen molar-refractivity contribution in [2.75, 3.05) is 12.4 Å². The van der Waals surface area contributed by atoms with Gasteiger partial charge < -0.3 is 9.84 Å². The van der Waals surface area contributed by atoms with Crippen LogP contribution in [0, 0.1) is 6.92 Å². The number of hydrazone groups is 1. The van der Waals surface area contributed by atoms with Gasteiger partial charge in [0.25, 0.3) is 5.91 Å². The number of aryl methyl sites for hydroxylation is 1. The minimum atomic E-state index is -0.242. The fourth-order valence-corrected chi connectivity index (χ4v) is 5.13. The third-order valence-electron chi connectivity index (χ3n) is 3.88. The van der Waals surface area contributed by atoms with Gasteiger partial charge in [-0.2, -0.15) is 5.10 Å². The molecule has 0 unspecified atom stereocenters. The number of benzene rings is 2. The molecule has 0 bridgehead atoms. The summed E-state index contributed by atoms with van der Waals surface area (Å²) in [4.78, 5) is 12.0. The highest BCUT2D eigenvalue weighted by molar-refractivity contribution is 8.03. The molecular weight excluding hydrogens is 452 g/mol. The Labute approximate surface area is 193 Å². The van der Waals surface area contributed by atoms with Crippen molar-refractivity contribution in [3.63, 3.8) is 0 Å². The molecule has 0 saturated carbocycles. The van der Waals surface area contributed by atoms with Crippen LogP contribution in [0.2, 0.25) is 0 Å². The smallest absolute Gasteiger partial charge is 0.250 e. The minimum absolute atomic E-state index is 0.0629. The Hall–Kier alpha value is -2.56. The van der Waals surface area contributed by atoms with Crippen molar-refractivity contribution < 1.29 is 14.6 Å². The van der Waals surface area contributed by atoms with Gasteiger partial charge in [0.2, 0.25) is 0 Å². The summed E-state index contributed by atoms with van der Waals surface area (Å²) < 4.78 is 6.94. The summed E-state index contributed by atoms with van der Waals surface area (Å²) in [6, 6.07) is 13.3. The van der Waals surface area contributed by atoms with Crippen molar-refractivity contribution in [2.24, 2.45) is 5.10 Å². The van der Waals surface area contributed by atoms with E-state index < -0.39 is 0 Å². The van der Waals surface area contributed by atoms with Crippen molar-refractivity contribution in [3.05, 3.63) is 59.2 Å². The van der Waals surface area contributed by atoms with Gasteiger partial charge in [-0.1, -0.05) is 64.7 Å². The van der Waals surface area contributed by atoms with Gasteiger partial charge in [-0.15, -0.1) is 10.2 Å². The van der Waals surface area contributed by atoms with Crippen LogP contribution in [-0.4, -0.2) is 39.8 Å². The third-order valence-corrected chi connectivity index (χ3v) is 7.15. The molecule has 31 heavy (non-hydrogen) atoms. The van der Waals surface area contributed by atoms with Gasteiger partial charge in [0, 0.05) is 5.75 Å². The van der Waals surface area contributed by atoms with Crippen LogP contribution >= 0.6 is 34.9 Å². The van der Waals surface area contributed by atoms with Crippen LogP contribution in [0.25, 0.3) is 0 Å². The van der Waals surface area contributed by atoms with E-state index in [4.69, 9.17) is 4.74 Å². The number of hydrogen-bond acceptors (Lipinski definition) is 9. The summed E-state index contributed by atoms with van der Waals surface area (Å²) >= 11 is 4.43. The van der Waals surface area contributed by atoms with E-state index in [0.717, 1.165) is 14.4 Å². The number of carbonyl (C=O) groups excluding carboxylic acids is 1. The molecular formula is C21H22N4O3S3. The van der Waals surface area contributed by atoms with Crippen LogP contribution < -0.4 is 10.2 Å². The molecule has 1 heterocycles. The standard InChI is InChI=1S/C21H22N4O3S3/c1-3-28-18-10-16(8-9-17(18)26)11-22-23-19(27)13-30-21-25-24-20(31-21)29-12-15-6-4-14(2)5-7-15/h4-11,26H,3,12-13H2,1-2H3,(H,23,27)/b22-11-. The van der Waals surface area contributed by atoms with Crippen LogP contribution in [0.5, 0.6) is 11.5 Å². The number of ether oxygens (including phenoxy) is 1. The molecule has 7 nitrogen and oxygen atoms in total. The predicted octanol–water partition coefficient (Wildman–Crippen LogP) is 4.49. The van der Waals surface area contributed by atoms with Crippen molar-refractivity contribution >= 4 is 47.0 Å². The first kappa shape index (κ1) is 23.1. The average molecular weight is 475 g/mol. The molecule has 0 aliphatic rings. The van der Waals surface area contributed by atoms with E-state index in [1.807, 2.05) is 6.92 Å². The van der Waals surface area contributed by atoms with E-state index in [9.17, 15) is 9.90 Å². The second-order valence-corrected chi connectivity index (χ2v) is 9.77. The molecule has 0 fully saturated rings. The molecule has 0 saturated heterocycles. The Balaban J connectivity index is 1.42. The van der Waals surface area contributed by atoms with E-state index in [1.54, 1.807) is 23.9 Å². The Morgan fingerprint density at radius 2 is 1.94 bits per heavy atom. The van der Waals surface area contributed by atoms with E-state index >= 15 is 0 Å². The highest BCUT2D eigenvalue weighted by atomic mass is 32.2. The molecule has 0 atom stereocenters. The van der Waals surface area contributed by atoms with Crippen molar-refractivity contribution in [1.82, 2.24) is 15.6 Å². The van der Waals surface area contributed by atoms with Crippen LogP contribution in [-0.2, 0) is 10.5 Å². The molecule has 3 aromatic rings. The van der Waals surface area contributed by atoms with Crippen LogP contribution in [0.15, 0.2) is 56.2 Å². The Morgan fingerprint density at radius 1 is 1.19 bits per heavy atom. The number of carbonyl (C=O) groups is 1. The molecule has 10 heteroatoms. The number of rotatable bonds is 10. The van der Waals surface area contributed by atoms with Gasteiger partial charge in [0.1, 0.15) is 0 Å². The number of thioether (sulfide) groups is 2. The van der Waals surface area contributed by atoms with Crippen molar-refractivity contribution in [2.45, 2.75) is 28.3 Å². The Kier molecular flexibility index (Phi) is 8.74. The number of hydrogen-bond donors (Lipinski definition) is 2. The lowest BCUT2D eigenvalue weighted by molar-refractivity contribution is -0.118. The number of aromatic hydroxyl groups is 1. The first-order chi connectivity index (χ1) is 15.0. The Bertz CT molecular complexity index is 1040. The van der Waals surface area contributed by atoms with Crippen molar-refractivity contribution in [1.29, 1.82) is 0 Å². The maximum absolute atomic E-state index is 12.0. The van der Waals surface area contributed by atoms with E-state index in [1.165, 1.54) is 46.5 Å². The second kappa shape index (κ2) is 11.7. The maximum atomic E-state index is 12.0. The monoisotopic (exact) mass is 474 g/mol. The van der Waals surface area contributed by atoms with E-state index in [0.29, 0.717) is 17.9 Å². The normalized spacial score (nSPS) is 11.0. The molecule has 0 aliphatic carbocycles. The molecule has 1 aromatic heterocycles. The SMILES string of the molecule is CCOc1cc(/C=N\NC(=O)CSc2nnc(SCc3ccc(C)cc3)s2)ccc1O. The molecule has 2 N–H and O–H groups in total. The molecule has 0 radical (unpaired) electrons. The summed E-state index contributed by atoms with van der Waals surface area (Å²) in [5, 5.41) is 22.0. The maximum Gasteiger partial charge on any atom is 0.250 e. The predicted molar refractivity (Wildman–Crippen MR) is 126 cm³/mol. The van der Waals surface area contributed by atoms with Gasteiger partial charge in [0.15, 0.2) is 20.2 Å². The van der Waals surface area contributed by atoms with Crippen LogP contribution in [0.3, 0.4) is 0 Å². The zero-order valence-corrected chi connectivity index (χ0v) is 19.5. The molecule has 3 rings (SSSR count). The summed E-state index contributed by atoms with van der Waals surface area (Å²) in [6.45, 7) is 4.35. The number of phenolic OH excluding ortho intramolecular Hbond substituents is 1. The lowest BCUT2D eigenvalue weighted by Gasteiger charge is -2.05. The second-order valence-electron chi connectivity index (χ2n) is 6.35. The summed E-state index contributed by atoms with van der Waals surface area (Å²) in [6.07, 6.45) is 1.50. The summed E-state index contributed by atoms with van der Waals surface area (Å²) in [5.41, 5.74) is 5.66. The lowest BCUT2D eigenvalue weighted by atomic mass is 10.2. The van der Waals surface area contributed by atoms with Gasteiger partial charge in [-0.25, -0.2) is 5.43 Å². The summed E-state index contributed by atoms with van der Waals surface area (Å²) in [7, 11) is 0. The zero-order valence-electron chi connectivity index (χ0n) is 17.1. The molecule has 0 aliphatic heterocycles. The molecule has 0 spiro atoms. The molecule has 2 aromatic carbocycles. The average Bonchev–Trinajstić information content (AvgIpc) is 3.22. The van der Waals surface area contributed by atoms with Gasteiger partial charge in [-0.05, 0) is 43.2 Å². The molecule has 1 amide bonds. The lowest BCUT2D eigenvalue weighted by Crippen LogP contribution is -2.19. The highest BCUT2D eigenvalue weighted by Gasteiger charge is 2.09. The third kappa shape index (κ3) is 7.57. The van der Waals surface area contributed by atoms with Gasteiger partial charge >= 0.3 is 0 Å².